The maximum Gasteiger partial charge on any atom is 0.213 e. The number of aromatic nitrogens is 1. The van der Waals surface area contributed by atoms with Gasteiger partial charge in [-0.3, -0.25) is 4.99 Å². The highest BCUT2D eigenvalue weighted by atomic mass is 127. The SMILES string of the molecule is CN=C(NCc1ccnc(OC)c1)NCC(C)Cc1cccs1.I. The number of pyridine rings is 1. The van der Waals surface area contributed by atoms with Crippen LogP contribution in [0, 0.1) is 5.92 Å². The van der Waals surface area contributed by atoms with Crippen LogP contribution in [-0.2, 0) is 13.0 Å². The fourth-order valence-corrected chi connectivity index (χ4v) is 3.06. The van der Waals surface area contributed by atoms with Crippen molar-refractivity contribution in [1.82, 2.24) is 15.6 Å². The molecule has 7 heteroatoms. The van der Waals surface area contributed by atoms with Crippen LogP contribution in [0.25, 0.3) is 0 Å². The number of halogens is 1. The topological polar surface area (TPSA) is 58.5 Å². The van der Waals surface area contributed by atoms with Crippen LogP contribution in [0.3, 0.4) is 0 Å². The molecule has 2 aromatic rings. The molecule has 0 aliphatic carbocycles. The normalized spacial score (nSPS) is 12.2. The largest absolute Gasteiger partial charge is 0.481 e. The Kier molecular flexibility index (Phi) is 9.70. The van der Waals surface area contributed by atoms with Crippen molar-refractivity contribution in [2.75, 3.05) is 20.7 Å². The van der Waals surface area contributed by atoms with E-state index in [1.165, 1.54) is 4.88 Å². The first kappa shape index (κ1) is 20.7. The highest BCUT2D eigenvalue weighted by Crippen LogP contribution is 2.13. The molecule has 5 nitrogen and oxygen atoms in total. The van der Waals surface area contributed by atoms with E-state index in [0.29, 0.717) is 18.3 Å². The first-order valence-electron chi connectivity index (χ1n) is 7.67. The predicted octanol–water partition coefficient (Wildman–Crippen LogP) is 3.31. The highest BCUT2D eigenvalue weighted by Gasteiger charge is 2.06. The number of aliphatic imine (C=N–C) groups is 1. The molecule has 2 heterocycles. The van der Waals surface area contributed by atoms with E-state index in [2.05, 4.69) is 45.0 Å². The number of hydrogen-bond acceptors (Lipinski definition) is 4. The molecule has 0 saturated carbocycles. The lowest BCUT2D eigenvalue weighted by Gasteiger charge is -2.15. The fourth-order valence-electron chi connectivity index (χ4n) is 2.19. The van der Waals surface area contributed by atoms with Gasteiger partial charge in [0.15, 0.2) is 5.96 Å². The molecular formula is C17H25IN4OS. The van der Waals surface area contributed by atoms with Gasteiger partial charge in [-0.05, 0) is 35.4 Å². The summed E-state index contributed by atoms with van der Waals surface area (Å²) in [5.74, 6) is 1.98. The van der Waals surface area contributed by atoms with Gasteiger partial charge in [0, 0.05) is 37.3 Å². The third kappa shape index (κ3) is 7.04. The van der Waals surface area contributed by atoms with Gasteiger partial charge in [0.1, 0.15) is 0 Å². The van der Waals surface area contributed by atoms with E-state index in [9.17, 15) is 0 Å². The first-order valence-corrected chi connectivity index (χ1v) is 8.55. The minimum Gasteiger partial charge on any atom is -0.481 e. The summed E-state index contributed by atoms with van der Waals surface area (Å²) in [6, 6.07) is 8.16. The third-order valence-corrected chi connectivity index (χ3v) is 4.34. The molecule has 0 fully saturated rings. The maximum absolute atomic E-state index is 5.13. The first-order chi connectivity index (χ1) is 11.2. The summed E-state index contributed by atoms with van der Waals surface area (Å²) in [5, 5.41) is 8.81. The van der Waals surface area contributed by atoms with Crippen LogP contribution in [0.15, 0.2) is 40.8 Å². The van der Waals surface area contributed by atoms with E-state index in [0.717, 1.165) is 24.5 Å². The van der Waals surface area contributed by atoms with E-state index in [4.69, 9.17) is 4.74 Å². The van der Waals surface area contributed by atoms with Crippen molar-refractivity contribution in [2.45, 2.75) is 19.9 Å². The molecule has 0 radical (unpaired) electrons. The molecule has 0 bridgehead atoms. The Morgan fingerprint density at radius 1 is 1.38 bits per heavy atom. The molecule has 0 aliphatic rings. The average molecular weight is 460 g/mol. The standard InChI is InChI=1S/C17H24N4OS.HI/c1-13(9-15-5-4-8-23-15)11-20-17(18-2)21-12-14-6-7-19-16(10-14)22-3;/h4-8,10,13H,9,11-12H2,1-3H3,(H2,18,20,21);1H. The number of thiophene rings is 1. The number of hydrogen-bond donors (Lipinski definition) is 2. The molecule has 24 heavy (non-hydrogen) atoms. The Balaban J connectivity index is 0.00000288. The lowest BCUT2D eigenvalue weighted by molar-refractivity contribution is 0.397. The molecule has 2 N–H and O–H groups in total. The molecular weight excluding hydrogens is 435 g/mol. The van der Waals surface area contributed by atoms with Crippen molar-refractivity contribution in [1.29, 1.82) is 0 Å². The van der Waals surface area contributed by atoms with Gasteiger partial charge in [-0.2, -0.15) is 0 Å². The number of methoxy groups -OCH3 is 1. The summed E-state index contributed by atoms with van der Waals surface area (Å²) in [4.78, 5) is 9.79. The van der Waals surface area contributed by atoms with Crippen molar-refractivity contribution >= 4 is 41.3 Å². The van der Waals surface area contributed by atoms with Gasteiger partial charge in [-0.15, -0.1) is 35.3 Å². The summed E-state index contributed by atoms with van der Waals surface area (Å²) in [7, 11) is 3.40. The van der Waals surface area contributed by atoms with E-state index >= 15 is 0 Å². The zero-order valence-corrected chi connectivity index (χ0v) is 17.4. The smallest absolute Gasteiger partial charge is 0.213 e. The number of nitrogens with one attached hydrogen (secondary N) is 2. The average Bonchev–Trinajstić information content (AvgIpc) is 3.08. The van der Waals surface area contributed by atoms with Gasteiger partial charge in [-0.1, -0.05) is 13.0 Å². The quantitative estimate of drug-likeness (QED) is 0.378. The van der Waals surface area contributed by atoms with Gasteiger partial charge < -0.3 is 15.4 Å². The number of ether oxygens (including phenoxy) is 1. The molecule has 0 aliphatic heterocycles. The summed E-state index contributed by atoms with van der Waals surface area (Å²) in [5.41, 5.74) is 1.10. The summed E-state index contributed by atoms with van der Waals surface area (Å²) in [6.45, 7) is 3.81. The Labute approximate surface area is 165 Å². The predicted molar refractivity (Wildman–Crippen MR) is 112 cm³/mol. The van der Waals surface area contributed by atoms with Crippen molar-refractivity contribution < 1.29 is 4.74 Å². The van der Waals surface area contributed by atoms with Crippen LogP contribution in [0.2, 0.25) is 0 Å². The lowest BCUT2D eigenvalue weighted by Crippen LogP contribution is -2.39. The van der Waals surface area contributed by atoms with Crippen LogP contribution in [-0.4, -0.2) is 31.6 Å². The second-order valence-electron chi connectivity index (χ2n) is 5.40. The highest BCUT2D eigenvalue weighted by molar-refractivity contribution is 14.0. The monoisotopic (exact) mass is 460 g/mol. The second-order valence-corrected chi connectivity index (χ2v) is 6.43. The van der Waals surface area contributed by atoms with Crippen LogP contribution in [0.1, 0.15) is 17.4 Å². The minimum atomic E-state index is 0. The molecule has 0 saturated heterocycles. The Bertz CT molecular complexity index is 619. The molecule has 2 aromatic heterocycles. The Morgan fingerprint density at radius 3 is 2.88 bits per heavy atom. The van der Waals surface area contributed by atoms with Crippen LogP contribution in [0.4, 0.5) is 0 Å². The third-order valence-electron chi connectivity index (χ3n) is 3.44. The van der Waals surface area contributed by atoms with Gasteiger partial charge in [-0.25, -0.2) is 4.98 Å². The Hall–Kier alpha value is -1.35. The van der Waals surface area contributed by atoms with Crippen LogP contribution in [0.5, 0.6) is 5.88 Å². The van der Waals surface area contributed by atoms with Gasteiger partial charge in [0.25, 0.3) is 0 Å². The van der Waals surface area contributed by atoms with Crippen molar-refractivity contribution in [3.8, 4) is 5.88 Å². The molecule has 1 unspecified atom stereocenters. The zero-order chi connectivity index (χ0) is 16.5. The molecule has 2 rings (SSSR count). The van der Waals surface area contributed by atoms with Gasteiger partial charge in [0.05, 0.1) is 7.11 Å². The van der Waals surface area contributed by atoms with Gasteiger partial charge in [0.2, 0.25) is 5.88 Å². The number of guanidine groups is 1. The second kappa shape index (κ2) is 11.2. The van der Waals surface area contributed by atoms with Crippen molar-refractivity contribution in [3.63, 3.8) is 0 Å². The molecule has 0 aromatic carbocycles. The Morgan fingerprint density at radius 2 is 2.21 bits per heavy atom. The molecule has 132 valence electrons. The van der Waals surface area contributed by atoms with Crippen LogP contribution < -0.4 is 15.4 Å². The lowest BCUT2D eigenvalue weighted by atomic mass is 10.1. The fraction of sp³-hybridized carbons (Fsp3) is 0.412. The zero-order valence-electron chi connectivity index (χ0n) is 14.3. The van der Waals surface area contributed by atoms with Crippen LogP contribution >= 0.6 is 35.3 Å². The summed E-state index contributed by atoms with van der Waals surface area (Å²) >= 11 is 1.81. The number of nitrogens with zero attached hydrogens (tertiary/aromatic N) is 2. The van der Waals surface area contributed by atoms with E-state index in [1.54, 1.807) is 20.4 Å². The minimum absolute atomic E-state index is 0. The van der Waals surface area contributed by atoms with E-state index in [-0.39, 0.29) is 24.0 Å². The van der Waals surface area contributed by atoms with Gasteiger partial charge >= 0.3 is 0 Å². The molecule has 0 amide bonds. The summed E-state index contributed by atoms with van der Waals surface area (Å²) in [6.07, 6.45) is 2.83. The van der Waals surface area contributed by atoms with E-state index < -0.39 is 0 Å². The molecule has 0 spiro atoms. The van der Waals surface area contributed by atoms with Crippen molar-refractivity contribution in [2.24, 2.45) is 10.9 Å². The van der Waals surface area contributed by atoms with Crippen molar-refractivity contribution in [3.05, 3.63) is 46.3 Å². The maximum atomic E-state index is 5.13. The summed E-state index contributed by atoms with van der Waals surface area (Å²) < 4.78 is 5.13. The van der Waals surface area contributed by atoms with E-state index in [1.807, 2.05) is 23.5 Å². The molecule has 1 atom stereocenters. The number of rotatable bonds is 7.